The number of amides is 1. The van der Waals surface area contributed by atoms with Gasteiger partial charge in [-0.1, -0.05) is 31.0 Å². The van der Waals surface area contributed by atoms with Crippen LogP contribution < -0.4 is 18.9 Å². The molecule has 0 bridgehead atoms. The van der Waals surface area contributed by atoms with Gasteiger partial charge in [0, 0.05) is 24.1 Å². The average molecular weight is 496 g/mol. The van der Waals surface area contributed by atoms with Crippen LogP contribution >= 0.6 is 0 Å². The Kier molecular flexibility index (Phi) is 8.09. The topological polar surface area (TPSA) is 77.5 Å². The van der Waals surface area contributed by atoms with Crippen molar-refractivity contribution in [3.63, 3.8) is 0 Å². The summed E-state index contributed by atoms with van der Waals surface area (Å²) < 4.78 is 22.3. The Bertz CT molecular complexity index is 1070. The summed E-state index contributed by atoms with van der Waals surface area (Å²) in [6, 6.07) is 11.3. The maximum atomic E-state index is 13.7. The fourth-order valence-electron chi connectivity index (χ4n) is 5.79. The van der Waals surface area contributed by atoms with E-state index in [1.54, 1.807) is 33.5 Å². The van der Waals surface area contributed by atoms with E-state index in [-0.39, 0.29) is 17.9 Å². The van der Waals surface area contributed by atoms with Gasteiger partial charge in [0.2, 0.25) is 11.7 Å². The second-order valence-electron chi connectivity index (χ2n) is 9.45. The van der Waals surface area contributed by atoms with E-state index >= 15 is 0 Å². The average Bonchev–Trinajstić information content (AvgIpc) is 2.90. The highest BCUT2D eigenvalue weighted by Crippen LogP contribution is 2.51. The monoisotopic (exact) mass is 495 g/mol. The van der Waals surface area contributed by atoms with Gasteiger partial charge < -0.3 is 29.0 Å². The number of piperidine rings is 1. The summed E-state index contributed by atoms with van der Waals surface area (Å²) in [6.45, 7) is 2.97. The minimum Gasteiger partial charge on any atom is -0.494 e. The van der Waals surface area contributed by atoms with Crippen LogP contribution in [0.2, 0.25) is 0 Å². The minimum absolute atomic E-state index is 0.0415. The molecule has 1 aliphatic carbocycles. The van der Waals surface area contributed by atoms with Gasteiger partial charge in [0.15, 0.2) is 11.5 Å². The van der Waals surface area contributed by atoms with Crippen LogP contribution in [0.5, 0.6) is 23.0 Å². The van der Waals surface area contributed by atoms with Crippen LogP contribution in [0.15, 0.2) is 42.5 Å². The first-order chi connectivity index (χ1) is 17.5. The summed E-state index contributed by atoms with van der Waals surface area (Å²) in [5.41, 5.74) is 0.952. The first kappa shape index (κ1) is 25.9. The number of methoxy groups -OCH3 is 3. The summed E-state index contributed by atoms with van der Waals surface area (Å²) in [5, 5.41) is 11.6. The third kappa shape index (κ3) is 5.03. The van der Waals surface area contributed by atoms with Crippen molar-refractivity contribution < 1.29 is 28.8 Å². The molecule has 1 aliphatic heterocycles. The molecule has 1 saturated heterocycles. The van der Waals surface area contributed by atoms with Crippen molar-refractivity contribution in [1.29, 1.82) is 0 Å². The number of benzene rings is 2. The van der Waals surface area contributed by atoms with Crippen LogP contribution in [-0.2, 0) is 4.79 Å². The zero-order valence-corrected chi connectivity index (χ0v) is 21.7. The Morgan fingerprint density at radius 2 is 1.78 bits per heavy atom. The van der Waals surface area contributed by atoms with E-state index in [4.69, 9.17) is 18.9 Å². The Labute approximate surface area is 213 Å². The lowest BCUT2D eigenvalue weighted by Gasteiger charge is -2.52. The van der Waals surface area contributed by atoms with Crippen LogP contribution in [0.3, 0.4) is 0 Å². The molecular weight excluding hydrogens is 458 g/mol. The van der Waals surface area contributed by atoms with Crippen LogP contribution in [0.1, 0.15) is 56.2 Å². The zero-order chi connectivity index (χ0) is 25.7. The van der Waals surface area contributed by atoms with Gasteiger partial charge in [-0.15, -0.1) is 0 Å². The number of nitrogens with zero attached hydrogens (tertiary/aromatic N) is 1. The Balaban J connectivity index is 1.69. The van der Waals surface area contributed by atoms with Gasteiger partial charge in [-0.3, -0.25) is 4.79 Å². The lowest BCUT2D eigenvalue weighted by atomic mass is 9.66. The van der Waals surface area contributed by atoms with Crippen molar-refractivity contribution in [3.8, 4) is 23.0 Å². The van der Waals surface area contributed by atoms with Crippen LogP contribution in [-0.4, -0.2) is 56.0 Å². The fourth-order valence-corrected chi connectivity index (χ4v) is 5.79. The molecule has 2 aliphatic rings. The van der Waals surface area contributed by atoms with Crippen LogP contribution in [0, 0.1) is 5.92 Å². The molecule has 0 radical (unpaired) electrons. The number of para-hydroxylation sites is 1. The van der Waals surface area contributed by atoms with Gasteiger partial charge in [0.25, 0.3) is 0 Å². The van der Waals surface area contributed by atoms with Gasteiger partial charge in [-0.25, -0.2) is 0 Å². The first-order valence-corrected chi connectivity index (χ1v) is 12.7. The highest BCUT2D eigenvalue weighted by Gasteiger charge is 2.50. The number of hydrogen-bond acceptors (Lipinski definition) is 6. The SMILES string of the molecule is CCOc1ccccc1C1C2CCCCC2(O)CCN1C(=O)C=Cc1cc(OC)c(OC)c(OC)c1. The van der Waals surface area contributed by atoms with Gasteiger partial charge in [0.1, 0.15) is 5.75 Å². The molecule has 3 unspecified atom stereocenters. The summed E-state index contributed by atoms with van der Waals surface area (Å²) in [5.74, 6) is 2.18. The number of carbonyl (C=O) groups is 1. The van der Waals surface area contributed by atoms with Crippen molar-refractivity contribution in [2.75, 3.05) is 34.5 Å². The molecule has 1 N–H and O–H groups in total. The standard InChI is InChI=1S/C29H37NO6/c1-5-36-23-12-7-6-10-21(23)27-22-11-8-9-15-29(22,32)16-17-30(27)26(31)14-13-20-18-24(33-2)28(35-4)25(19-20)34-3/h6-7,10,12-14,18-19,22,27,32H,5,8-9,11,15-17H2,1-4H3. The Morgan fingerprint density at radius 3 is 2.44 bits per heavy atom. The summed E-state index contributed by atoms with van der Waals surface area (Å²) in [6.07, 6.45) is 7.64. The molecule has 194 valence electrons. The second kappa shape index (κ2) is 11.2. The van der Waals surface area contributed by atoms with Gasteiger partial charge in [-0.05, 0) is 56.0 Å². The van der Waals surface area contributed by atoms with Crippen molar-refractivity contribution in [1.82, 2.24) is 4.90 Å². The van der Waals surface area contributed by atoms with Crippen molar-refractivity contribution in [3.05, 3.63) is 53.6 Å². The lowest BCUT2D eigenvalue weighted by molar-refractivity contribution is -0.151. The molecule has 0 spiro atoms. The number of aliphatic hydroxyl groups is 1. The summed E-state index contributed by atoms with van der Waals surface area (Å²) in [7, 11) is 4.69. The number of fused-ring (bicyclic) bond motifs is 1. The number of likely N-dealkylation sites (tertiary alicyclic amines) is 1. The lowest BCUT2D eigenvalue weighted by Crippen LogP contribution is -2.56. The van der Waals surface area contributed by atoms with Crippen LogP contribution in [0.4, 0.5) is 0 Å². The van der Waals surface area contributed by atoms with Gasteiger partial charge in [0.05, 0.1) is 39.6 Å². The molecule has 36 heavy (non-hydrogen) atoms. The van der Waals surface area contributed by atoms with Crippen molar-refractivity contribution >= 4 is 12.0 Å². The molecule has 2 aromatic rings. The zero-order valence-electron chi connectivity index (χ0n) is 21.7. The molecule has 7 nitrogen and oxygen atoms in total. The molecule has 3 atom stereocenters. The molecule has 0 aromatic heterocycles. The summed E-state index contributed by atoms with van der Waals surface area (Å²) >= 11 is 0. The maximum absolute atomic E-state index is 13.7. The molecule has 7 heteroatoms. The predicted molar refractivity (Wildman–Crippen MR) is 139 cm³/mol. The largest absolute Gasteiger partial charge is 0.494 e. The molecule has 1 heterocycles. The molecule has 4 rings (SSSR count). The minimum atomic E-state index is -0.764. The highest BCUT2D eigenvalue weighted by atomic mass is 16.5. The molecule has 1 saturated carbocycles. The van der Waals surface area contributed by atoms with E-state index in [0.29, 0.717) is 36.8 Å². The summed E-state index contributed by atoms with van der Waals surface area (Å²) in [4.78, 5) is 15.6. The van der Waals surface area contributed by atoms with Gasteiger partial charge in [-0.2, -0.15) is 0 Å². The fraction of sp³-hybridized carbons (Fsp3) is 0.483. The highest BCUT2D eigenvalue weighted by molar-refractivity contribution is 5.92. The van der Waals surface area contributed by atoms with Crippen molar-refractivity contribution in [2.24, 2.45) is 5.92 Å². The smallest absolute Gasteiger partial charge is 0.247 e. The van der Waals surface area contributed by atoms with Crippen molar-refractivity contribution in [2.45, 2.75) is 50.7 Å². The molecule has 1 amide bonds. The molecular formula is C29H37NO6. The van der Waals surface area contributed by atoms with E-state index < -0.39 is 5.60 Å². The third-order valence-electron chi connectivity index (χ3n) is 7.49. The number of carbonyl (C=O) groups excluding carboxylic acids is 1. The first-order valence-electron chi connectivity index (χ1n) is 12.7. The van der Waals surface area contributed by atoms with E-state index in [9.17, 15) is 9.90 Å². The normalized spacial score (nSPS) is 23.8. The number of hydrogen-bond donors (Lipinski definition) is 1. The van der Waals surface area contributed by atoms with E-state index in [2.05, 4.69) is 0 Å². The van der Waals surface area contributed by atoms with E-state index in [1.165, 1.54) is 0 Å². The third-order valence-corrected chi connectivity index (χ3v) is 7.49. The Morgan fingerprint density at radius 1 is 1.06 bits per heavy atom. The number of rotatable bonds is 8. The van der Waals surface area contributed by atoms with E-state index in [0.717, 1.165) is 42.6 Å². The van der Waals surface area contributed by atoms with Crippen LogP contribution in [0.25, 0.3) is 6.08 Å². The second-order valence-corrected chi connectivity index (χ2v) is 9.45. The molecule has 2 fully saturated rings. The van der Waals surface area contributed by atoms with E-state index in [1.807, 2.05) is 48.2 Å². The number of ether oxygens (including phenoxy) is 4. The maximum Gasteiger partial charge on any atom is 0.247 e. The molecule has 2 aromatic carbocycles. The predicted octanol–water partition coefficient (Wildman–Crippen LogP) is 5.02. The Hall–Kier alpha value is -3.19. The van der Waals surface area contributed by atoms with Gasteiger partial charge >= 0.3 is 0 Å². The quantitative estimate of drug-likeness (QED) is 0.518.